The number of nitriles is 1. The fourth-order valence-corrected chi connectivity index (χ4v) is 3.05. The first-order valence-corrected chi connectivity index (χ1v) is 7.41. The summed E-state index contributed by atoms with van der Waals surface area (Å²) in [4.78, 5) is 5.71. The van der Waals surface area contributed by atoms with Gasteiger partial charge in [0, 0.05) is 5.54 Å². The summed E-state index contributed by atoms with van der Waals surface area (Å²) >= 11 is 1.35. The highest BCUT2D eigenvalue weighted by Gasteiger charge is 2.24. The summed E-state index contributed by atoms with van der Waals surface area (Å²) in [7, 11) is 0. The van der Waals surface area contributed by atoms with Gasteiger partial charge in [0.05, 0.1) is 28.4 Å². The molecule has 0 amide bonds. The molecule has 3 aromatic rings. The Morgan fingerprint density at radius 1 is 1.29 bits per heavy atom. The average Bonchev–Trinajstić information content (AvgIpc) is 2.99. The molecule has 106 valence electrons. The lowest BCUT2D eigenvalue weighted by Crippen LogP contribution is -2.22. The number of aromatic nitrogens is 4. The second-order valence-electron chi connectivity index (χ2n) is 5.94. The third-order valence-corrected chi connectivity index (χ3v) is 4.13. The Labute approximate surface area is 127 Å². The van der Waals surface area contributed by atoms with Crippen LogP contribution in [0.2, 0.25) is 0 Å². The number of benzene rings is 1. The molecule has 0 spiro atoms. The zero-order valence-corrected chi connectivity index (χ0v) is 13.2. The van der Waals surface area contributed by atoms with Crippen LogP contribution in [0.1, 0.15) is 32.0 Å². The molecule has 0 saturated carbocycles. The van der Waals surface area contributed by atoms with Crippen LogP contribution in [0.5, 0.6) is 0 Å². The van der Waals surface area contributed by atoms with Crippen molar-refractivity contribution in [2.45, 2.75) is 33.2 Å². The van der Waals surface area contributed by atoms with E-state index in [-0.39, 0.29) is 5.54 Å². The van der Waals surface area contributed by atoms with Crippen LogP contribution in [0, 0.1) is 18.3 Å². The van der Waals surface area contributed by atoms with Gasteiger partial charge in [-0.3, -0.25) is 0 Å². The van der Waals surface area contributed by atoms with Crippen molar-refractivity contribution in [2.24, 2.45) is 0 Å². The number of hydrogen-bond acceptors (Lipinski definition) is 5. The van der Waals surface area contributed by atoms with Gasteiger partial charge < -0.3 is 4.57 Å². The molecule has 0 fully saturated rings. The monoisotopic (exact) mass is 297 g/mol. The van der Waals surface area contributed by atoms with Crippen molar-refractivity contribution < 1.29 is 0 Å². The lowest BCUT2D eigenvalue weighted by Gasteiger charge is -2.24. The highest BCUT2D eigenvalue weighted by molar-refractivity contribution is 7.09. The number of fused-ring (bicyclic) bond motifs is 1. The van der Waals surface area contributed by atoms with Crippen LogP contribution < -0.4 is 0 Å². The summed E-state index contributed by atoms with van der Waals surface area (Å²) in [5.74, 6) is 0.861. The number of nitrogens with zero attached hydrogens (tertiary/aromatic N) is 5. The third kappa shape index (κ3) is 2.20. The van der Waals surface area contributed by atoms with Gasteiger partial charge in [-0.15, -0.1) is 5.10 Å². The van der Waals surface area contributed by atoms with Gasteiger partial charge in [-0.1, -0.05) is 4.49 Å². The summed E-state index contributed by atoms with van der Waals surface area (Å²) in [6.07, 6.45) is 0. The van der Waals surface area contributed by atoms with Gasteiger partial charge in [-0.05, 0) is 57.4 Å². The molecular weight excluding hydrogens is 282 g/mol. The van der Waals surface area contributed by atoms with E-state index >= 15 is 0 Å². The largest absolute Gasteiger partial charge is 0.318 e. The second kappa shape index (κ2) is 4.64. The minimum absolute atomic E-state index is 0.130. The minimum atomic E-state index is -0.130. The molecule has 0 N–H and O–H groups in total. The highest BCUT2D eigenvalue weighted by atomic mass is 32.1. The van der Waals surface area contributed by atoms with Crippen molar-refractivity contribution >= 4 is 22.6 Å². The van der Waals surface area contributed by atoms with E-state index in [0.717, 1.165) is 27.4 Å². The van der Waals surface area contributed by atoms with Gasteiger partial charge in [0.1, 0.15) is 4.88 Å². The standard InChI is InChI=1S/C15H15N5S/c1-9-13(21-19-18-9)14-17-11-7-10(8-16)5-6-12(11)20(14)15(2,3)4/h5-7H,1-4H3. The summed E-state index contributed by atoms with van der Waals surface area (Å²) in [6.45, 7) is 8.35. The van der Waals surface area contributed by atoms with E-state index in [9.17, 15) is 0 Å². The predicted molar refractivity (Wildman–Crippen MR) is 83.1 cm³/mol. The summed E-state index contributed by atoms with van der Waals surface area (Å²) in [6, 6.07) is 7.77. The fourth-order valence-electron chi connectivity index (χ4n) is 2.42. The zero-order chi connectivity index (χ0) is 15.2. The normalized spacial score (nSPS) is 11.8. The van der Waals surface area contributed by atoms with Crippen molar-refractivity contribution in [2.75, 3.05) is 0 Å². The summed E-state index contributed by atoms with van der Waals surface area (Å²) < 4.78 is 6.20. The maximum atomic E-state index is 9.06. The molecule has 0 saturated heterocycles. The van der Waals surface area contributed by atoms with Crippen molar-refractivity contribution in [1.82, 2.24) is 19.1 Å². The van der Waals surface area contributed by atoms with E-state index in [1.807, 2.05) is 25.1 Å². The van der Waals surface area contributed by atoms with Crippen molar-refractivity contribution in [3.05, 3.63) is 29.5 Å². The van der Waals surface area contributed by atoms with Crippen LogP contribution >= 0.6 is 11.5 Å². The molecule has 21 heavy (non-hydrogen) atoms. The number of rotatable bonds is 1. The molecule has 0 aliphatic rings. The molecular formula is C15H15N5S. The molecule has 0 atom stereocenters. The van der Waals surface area contributed by atoms with E-state index in [1.165, 1.54) is 11.5 Å². The fraction of sp³-hybridized carbons (Fsp3) is 0.333. The van der Waals surface area contributed by atoms with Crippen molar-refractivity contribution in [3.8, 4) is 16.8 Å². The van der Waals surface area contributed by atoms with Crippen LogP contribution in [0.25, 0.3) is 21.7 Å². The Kier molecular flexibility index (Phi) is 3.03. The number of imidazole rings is 1. The van der Waals surface area contributed by atoms with Gasteiger partial charge in [0.2, 0.25) is 0 Å². The van der Waals surface area contributed by atoms with Gasteiger partial charge in [0.25, 0.3) is 0 Å². The molecule has 0 aliphatic carbocycles. The quantitative estimate of drug-likeness (QED) is 0.689. The summed E-state index contributed by atoms with van der Waals surface area (Å²) in [5, 5.41) is 13.1. The third-order valence-electron chi connectivity index (χ3n) is 3.31. The lowest BCUT2D eigenvalue weighted by atomic mass is 10.1. The SMILES string of the molecule is Cc1nnsc1-c1nc2cc(C#N)ccc2n1C(C)(C)C. The van der Waals surface area contributed by atoms with E-state index < -0.39 is 0 Å². The molecule has 6 heteroatoms. The number of hydrogen-bond donors (Lipinski definition) is 0. The smallest absolute Gasteiger partial charge is 0.155 e. The molecule has 3 rings (SSSR count). The Morgan fingerprint density at radius 3 is 2.62 bits per heavy atom. The van der Waals surface area contributed by atoms with Gasteiger partial charge in [-0.25, -0.2) is 4.98 Å². The molecule has 0 radical (unpaired) electrons. The van der Waals surface area contributed by atoms with E-state index in [0.29, 0.717) is 5.56 Å². The maximum Gasteiger partial charge on any atom is 0.155 e. The van der Waals surface area contributed by atoms with E-state index in [2.05, 4.69) is 41.0 Å². The first-order chi connectivity index (χ1) is 9.91. The Balaban J connectivity index is 2.39. The lowest BCUT2D eigenvalue weighted by molar-refractivity contribution is 0.413. The Bertz CT molecular complexity index is 860. The molecule has 0 aliphatic heterocycles. The maximum absolute atomic E-state index is 9.06. The van der Waals surface area contributed by atoms with Crippen LogP contribution in [-0.2, 0) is 5.54 Å². The van der Waals surface area contributed by atoms with Crippen LogP contribution in [0.15, 0.2) is 18.2 Å². The second-order valence-corrected chi connectivity index (χ2v) is 6.70. The predicted octanol–water partition coefficient (Wildman–Crippen LogP) is 3.49. The zero-order valence-electron chi connectivity index (χ0n) is 12.4. The van der Waals surface area contributed by atoms with Gasteiger partial charge in [0.15, 0.2) is 5.82 Å². The molecule has 2 aromatic heterocycles. The van der Waals surface area contributed by atoms with Crippen LogP contribution in [-0.4, -0.2) is 19.1 Å². The van der Waals surface area contributed by atoms with E-state index in [1.54, 1.807) is 0 Å². The van der Waals surface area contributed by atoms with Crippen molar-refractivity contribution in [3.63, 3.8) is 0 Å². The van der Waals surface area contributed by atoms with Gasteiger partial charge >= 0.3 is 0 Å². The summed E-state index contributed by atoms with van der Waals surface area (Å²) in [5.41, 5.74) is 3.21. The Hall–Kier alpha value is -2.26. The number of aryl methyl sites for hydroxylation is 1. The van der Waals surface area contributed by atoms with Crippen LogP contribution in [0.3, 0.4) is 0 Å². The topological polar surface area (TPSA) is 67.4 Å². The highest BCUT2D eigenvalue weighted by Crippen LogP contribution is 2.34. The molecule has 5 nitrogen and oxygen atoms in total. The van der Waals surface area contributed by atoms with E-state index in [4.69, 9.17) is 10.2 Å². The Morgan fingerprint density at radius 2 is 2.05 bits per heavy atom. The first-order valence-electron chi connectivity index (χ1n) is 6.64. The molecule has 1 aromatic carbocycles. The molecule has 2 heterocycles. The van der Waals surface area contributed by atoms with Crippen molar-refractivity contribution in [1.29, 1.82) is 5.26 Å². The molecule has 0 unspecified atom stereocenters. The average molecular weight is 297 g/mol. The minimum Gasteiger partial charge on any atom is -0.318 e. The van der Waals surface area contributed by atoms with Gasteiger partial charge in [-0.2, -0.15) is 5.26 Å². The first kappa shape index (κ1) is 13.7. The molecule has 0 bridgehead atoms. The van der Waals surface area contributed by atoms with Crippen LogP contribution in [0.4, 0.5) is 0 Å².